The monoisotopic (exact) mass is 147 g/mol. The van der Waals surface area contributed by atoms with Crippen LogP contribution in [-0.2, 0) is 0 Å². The first-order valence-electron chi connectivity index (χ1n) is 3.03. The van der Waals surface area contributed by atoms with Crippen molar-refractivity contribution in [3.8, 4) is 0 Å². The van der Waals surface area contributed by atoms with Gasteiger partial charge in [0, 0.05) is 6.21 Å². The van der Waals surface area contributed by atoms with Crippen LogP contribution in [0.3, 0.4) is 0 Å². The summed E-state index contributed by atoms with van der Waals surface area (Å²) in [7, 11) is 0. The number of alkyl halides is 2. The highest BCUT2D eigenvalue weighted by Crippen LogP contribution is 2.13. The van der Waals surface area contributed by atoms with E-state index in [1.807, 2.05) is 0 Å². The van der Waals surface area contributed by atoms with Gasteiger partial charge in [0.1, 0.15) is 5.70 Å². The van der Waals surface area contributed by atoms with E-state index in [1.165, 1.54) is 6.21 Å². The molecule has 0 saturated carbocycles. The van der Waals surface area contributed by atoms with Crippen molar-refractivity contribution < 1.29 is 8.78 Å². The molecule has 0 rings (SSSR count). The fourth-order valence-corrected chi connectivity index (χ4v) is 0.543. The largest absolute Gasteiger partial charge is 0.280 e. The maximum Gasteiger partial charge on any atom is 0.280 e. The lowest BCUT2D eigenvalue weighted by Gasteiger charge is -2.00. The number of aliphatic imine (C=N–C) groups is 1. The van der Waals surface area contributed by atoms with Crippen molar-refractivity contribution in [2.24, 2.45) is 4.99 Å². The average Bonchev–Trinajstić information content (AvgIpc) is 1.81. The van der Waals surface area contributed by atoms with Crippen molar-refractivity contribution in [2.75, 3.05) is 0 Å². The second kappa shape index (κ2) is 4.14. The Hall–Kier alpha value is -0.730. The molecule has 0 radical (unpaired) electrons. The predicted octanol–water partition coefficient (Wildman–Crippen LogP) is 2.64. The van der Waals surface area contributed by atoms with E-state index in [0.717, 1.165) is 0 Å². The molecule has 0 N–H and O–H groups in total. The van der Waals surface area contributed by atoms with Gasteiger partial charge in [-0.15, -0.1) is 0 Å². The van der Waals surface area contributed by atoms with Gasteiger partial charge in [-0.2, -0.15) is 0 Å². The third-order valence-corrected chi connectivity index (χ3v) is 0.987. The molecular weight excluding hydrogens is 136 g/mol. The lowest BCUT2D eigenvalue weighted by atomic mass is 10.3. The van der Waals surface area contributed by atoms with Crippen molar-refractivity contribution in [3.05, 3.63) is 11.3 Å². The summed E-state index contributed by atoms with van der Waals surface area (Å²) in [6, 6.07) is 0. The normalized spacial score (nSPS) is 11.0. The first-order chi connectivity index (χ1) is 4.59. The summed E-state index contributed by atoms with van der Waals surface area (Å²) in [5.74, 6) is 0. The Morgan fingerprint density at radius 3 is 2.00 bits per heavy atom. The predicted molar refractivity (Wildman–Crippen MR) is 38.5 cm³/mol. The highest BCUT2D eigenvalue weighted by atomic mass is 19.3. The third-order valence-electron chi connectivity index (χ3n) is 0.987. The first-order valence-corrected chi connectivity index (χ1v) is 3.03. The zero-order valence-electron chi connectivity index (χ0n) is 6.36. The van der Waals surface area contributed by atoms with E-state index in [0.29, 0.717) is 5.57 Å². The molecule has 0 aromatic carbocycles. The minimum Gasteiger partial charge on any atom is -0.260 e. The Kier molecular flexibility index (Phi) is 3.84. The molecule has 0 aliphatic carbocycles. The van der Waals surface area contributed by atoms with Gasteiger partial charge < -0.3 is 0 Å². The van der Waals surface area contributed by atoms with E-state index in [-0.39, 0.29) is 5.70 Å². The fraction of sp³-hybridized carbons (Fsp3) is 0.571. The zero-order valence-corrected chi connectivity index (χ0v) is 6.36. The van der Waals surface area contributed by atoms with Crippen molar-refractivity contribution in [3.63, 3.8) is 0 Å². The molecule has 0 amide bonds. The van der Waals surface area contributed by atoms with Crippen LogP contribution in [0.2, 0.25) is 0 Å². The van der Waals surface area contributed by atoms with Crippen LogP contribution in [0.1, 0.15) is 20.8 Å². The molecule has 0 aromatic heterocycles. The van der Waals surface area contributed by atoms with E-state index >= 15 is 0 Å². The molecule has 0 aromatic rings. The smallest absolute Gasteiger partial charge is 0.260 e. The lowest BCUT2D eigenvalue weighted by molar-refractivity contribution is 0.187. The van der Waals surface area contributed by atoms with E-state index in [4.69, 9.17) is 0 Å². The van der Waals surface area contributed by atoms with Crippen LogP contribution in [0.15, 0.2) is 16.3 Å². The summed E-state index contributed by atoms with van der Waals surface area (Å²) in [6.45, 7) is 4.86. The molecule has 1 nitrogen and oxygen atoms in total. The van der Waals surface area contributed by atoms with Gasteiger partial charge in [0.15, 0.2) is 0 Å². The molecule has 3 heteroatoms. The quantitative estimate of drug-likeness (QED) is 0.532. The summed E-state index contributed by atoms with van der Waals surface area (Å²) >= 11 is 0. The molecule has 0 bridgehead atoms. The van der Waals surface area contributed by atoms with E-state index in [1.54, 1.807) is 20.8 Å². The Bertz CT molecular complexity index is 155. The van der Waals surface area contributed by atoms with Gasteiger partial charge in [0.2, 0.25) is 0 Å². The molecule has 0 unspecified atom stereocenters. The minimum atomic E-state index is -2.46. The van der Waals surface area contributed by atoms with Gasteiger partial charge in [-0.05, 0) is 26.3 Å². The summed E-state index contributed by atoms with van der Waals surface area (Å²) in [4.78, 5) is 3.53. The second-order valence-electron chi connectivity index (χ2n) is 2.07. The van der Waals surface area contributed by atoms with Crippen LogP contribution in [0, 0.1) is 0 Å². The minimum absolute atomic E-state index is 0.123. The van der Waals surface area contributed by atoms with Gasteiger partial charge >= 0.3 is 0 Å². The molecule has 10 heavy (non-hydrogen) atoms. The number of allylic oxidation sites excluding steroid dienone is 2. The van der Waals surface area contributed by atoms with Crippen LogP contribution < -0.4 is 0 Å². The molecule has 0 spiro atoms. The number of hydrogen-bond donors (Lipinski definition) is 0. The molecule has 0 atom stereocenters. The SMILES string of the molecule is C/C=N\C(=C(C)C)C(F)F. The van der Waals surface area contributed by atoms with Gasteiger partial charge in [0.25, 0.3) is 6.43 Å². The molecule has 0 fully saturated rings. The Morgan fingerprint density at radius 1 is 1.40 bits per heavy atom. The summed E-state index contributed by atoms with van der Waals surface area (Å²) in [6.07, 6.45) is -1.09. The molecule has 0 saturated heterocycles. The fourth-order valence-electron chi connectivity index (χ4n) is 0.543. The third kappa shape index (κ3) is 2.71. The van der Waals surface area contributed by atoms with Crippen LogP contribution in [0.5, 0.6) is 0 Å². The number of nitrogens with zero attached hydrogens (tertiary/aromatic N) is 1. The van der Waals surface area contributed by atoms with Crippen LogP contribution in [-0.4, -0.2) is 12.6 Å². The maximum absolute atomic E-state index is 12.0. The maximum atomic E-state index is 12.0. The van der Waals surface area contributed by atoms with Gasteiger partial charge in [0.05, 0.1) is 0 Å². The van der Waals surface area contributed by atoms with E-state index in [9.17, 15) is 8.78 Å². The van der Waals surface area contributed by atoms with Crippen molar-refractivity contribution in [2.45, 2.75) is 27.2 Å². The summed E-state index contributed by atoms with van der Waals surface area (Å²) in [5, 5.41) is 0. The highest BCUT2D eigenvalue weighted by Gasteiger charge is 2.09. The van der Waals surface area contributed by atoms with Gasteiger partial charge in [-0.25, -0.2) is 8.78 Å². The Morgan fingerprint density at radius 2 is 1.90 bits per heavy atom. The number of hydrogen-bond acceptors (Lipinski definition) is 1. The zero-order chi connectivity index (χ0) is 8.15. The Labute approximate surface area is 59.5 Å². The van der Waals surface area contributed by atoms with Crippen molar-refractivity contribution in [1.29, 1.82) is 0 Å². The van der Waals surface area contributed by atoms with E-state index < -0.39 is 6.43 Å². The Balaban J connectivity index is 4.44. The molecule has 0 heterocycles. The summed E-state index contributed by atoms with van der Waals surface area (Å²) < 4.78 is 23.9. The first kappa shape index (κ1) is 9.27. The van der Waals surface area contributed by atoms with Crippen molar-refractivity contribution >= 4 is 6.21 Å². The van der Waals surface area contributed by atoms with Crippen LogP contribution in [0.25, 0.3) is 0 Å². The highest BCUT2D eigenvalue weighted by molar-refractivity contribution is 5.55. The van der Waals surface area contributed by atoms with Crippen LogP contribution in [0.4, 0.5) is 8.78 Å². The second-order valence-corrected chi connectivity index (χ2v) is 2.07. The molecular formula is C7H11F2N. The van der Waals surface area contributed by atoms with Gasteiger partial charge in [-0.1, -0.05) is 0 Å². The molecule has 0 aliphatic rings. The number of halogens is 2. The standard InChI is InChI=1S/C7H11F2N/c1-4-10-6(5(2)3)7(8)9/h4,7H,1-3H3/b10-4-. The molecule has 0 aliphatic heterocycles. The van der Waals surface area contributed by atoms with E-state index in [2.05, 4.69) is 4.99 Å². The topological polar surface area (TPSA) is 12.4 Å². The van der Waals surface area contributed by atoms with Gasteiger partial charge in [-0.3, -0.25) is 4.99 Å². The van der Waals surface area contributed by atoms with Crippen molar-refractivity contribution in [1.82, 2.24) is 0 Å². The average molecular weight is 147 g/mol. The number of rotatable bonds is 2. The van der Waals surface area contributed by atoms with Crippen LogP contribution >= 0.6 is 0 Å². The lowest BCUT2D eigenvalue weighted by Crippen LogP contribution is -1.95. The summed E-state index contributed by atoms with van der Waals surface area (Å²) in [5.41, 5.74) is 0.440. The molecule has 58 valence electrons.